The van der Waals surface area contributed by atoms with Crippen molar-refractivity contribution in [2.75, 3.05) is 25.0 Å². The van der Waals surface area contributed by atoms with E-state index in [1.54, 1.807) is 0 Å². The maximum absolute atomic E-state index is 9.19. The molecule has 0 saturated carbocycles. The minimum atomic E-state index is -0.638. The summed E-state index contributed by atoms with van der Waals surface area (Å²) in [4.78, 5) is 0. The smallest absolute Gasteiger partial charge is 0.0944 e. The van der Waals surface area contributed by atoms with Gasteiger partial charge in [-0.1, -0.05) is 6.92 Å². The molecular formula is C10H20Cl2O3. The highest BCUT2D eigenvalue weighted by atomic mass is 35.5. The maximum Gasteiger partial charge on any atom is 0.0944 e. The first-order valence-electron chi connectivity index (χ1n) is 5.17. The molecule has 0 saturated heterocycles. The Bertz CT molecular complexity index is 133. The summed E-state index contributed by atoms with van der Waals surface area (Å²) in [6, 6.07) is 0. The minimum absolute atomic E-state index is 0.168. The molecule has 3 unspecified atom stereocenters. The number of hydrogen-bond acceptors (Lipinski definition) is 3. The predicted octanol–water partition coefficient (Wildman–Crippen LogP) is 2.03. The first kappa shape index (κ1) is 15.5. The molecule has 3 atom stereocenters. The van der Waals surface area contributed by atoms with Crippen molar-refractivity contribution >= 4 is 23.2 Å². The lowest BCUT2D eigenvalue weighted by Crippen LogP contribution is -2.29. The Morgan fingerprint density at radius 3 is 2.27 bits per heavy atom. The molecule has 0 aromatic rings. The summed E-state index contributed by atoms with van der Waals surface area (Å²) in [5.41, 5.74) is 0. The van der Waals surface area contributed by atoms with Gasteiger partial charge in [0.25, 0.3) is 0 Å². The van der Waals surface area contributed by atoms with E-state index in [0.29, 0.717) is 12.5 Å². The molecule has 0 aliphatic heterocycles. The molecule has 0 aromatic carbocycles. The van der Waals surface area contributed by atoms with E-state index >= 15 is 0 Å². The molecule has 0 rings (SSSR count). The number of halogens is 2. The summed E-state index contributed by atoms with van der Waals surface area (Å²) in [6.45, 7) is 4.70. The van der Waals surface area contributed by atoms with E-state index in [1.807, 2.05) is 6.92 Å². The second kappa shape index (κ2) is 9.67. The molecule has 0 spiro atoms. The molecule has 0 amide bonds. The van der Waals surface area contributed by atoms with Gasteiger partial charge in [-0.05, 0) is 13.3 Å². The Hall–Kier alpha value is 0.460. The number of alkyl halides is 2. The van der Waals surface area contributed by atoms with Crippen molar-refractivity contribution < 1.29 is 14.6 Å². The first-order chi connectivity index (χ1) is 7.13. The molecule has 0 heterocycles. The van der Waals surface area contributed by atoms with Gasteiger partial charge in [0.15, 0.2) is 0 Å². The van der Waals surface area contributed by atoms with Crippen molar-refractivity contribution in [3.05, 3.63) is 0 Å². The third kappa shape index (κ3) is 8.29. The van der Waals surface area contributed by atoms with Gasteiger partial charge in [0.1, 0.15) is 0 Å². The molecule has 5 heteroatoms. The Balaban J connectivity index is 3.63. The number of ether oxygens (including phenoxy) is 2. The van der Waals surface area contributed by atoms with E-state index in [9.17, 15) is 5.11 Å². The molecule has 0 fully saturated rings. The SMILES string of the molecule is CCC(C)OCC(CCl)OCC(O)CCl. The van der Waals surface area contributed by atoms with Crippen LogP contribution in [-0.2, 0) is 9.47 Å². The van der Waals surface area contributed by atoms with Gasteiger partial charge in [0, 0.05) is 0 Å². The highest BCUT2D eigenvalue weighted by molar-refractivity contribution is 6.18. The molecule has 0 aliphatic rings. The Morgan fingerprint density at radius 2 is 1.80 bits per heavy atom. The van der Waals surface area contributed by atoms with E-state index in [0.717, 1.165) is 6.42 Å². The first-order valence-corrected chi connectivity index (χ1v) is 6.24. The molecule has 3 nitrogen and oxygen atoms in total. The average molecular weight is 259 g/mol. The van der Waals surface area contributed by atoms with Crippen LogP contribution in [0.5, 0.6) is 0 Å². The van der Waals surface area contributed by atoms with Crippen LogP contribution in [0.15, 0.2) is 0 Å². The van der Waals surface area contributed by atoms with E-state index in [-0.39, 0.29) is 24.7 Å². The normalized spacial score (nSPS) is 17.4. The van der Waals surface area contributed by atoms with E-state index in [4.69, 9.17) is 32.7 Å². The van der Waals surface area contributed by atoms with Gasteiger partial charge in [0.05, 0.1) is 43.3 Å². The molecular weight excluding hydrogens is 239 g/mol. The van der Waals surface area contributed by atoms with Gasteiger partial charge in [0.2, 0.25) is 0 Å². The van der Waals surface area contributed by atoms with Crippen LogP contribution in [0.4, 0.5) is 0 Å². The van der Waals surface area contributed by atoms with Crippen LogP contribution in [0, 0.1) is 0 Å². The van der Waals surface area contributed by atoms with Crippen LogP contribution < -0.4 is 0 Å². The number of rotatable bonds is 9. The Morgan fingerprint density at radius 1 is 1.13 bits per heavy atom. The van der Waals surface area contributed by atoms with Crippen molar-refractivity contribution in [3.63, 3.8) is 0 Å². The zero-order chi connectivity index (χ0) is 11.7. The minimum Gasteiger partial charge on any atom is -0.389 e. The summed E-state index contributed by atoms with van der Waals surface area (Å²) < 4.78 is 10.8. The van der Waals surface area contributed by atoms with Gasteiger partial charge in [-0.25, -0.2) is 0 Å². The highest BCUT2D eigenvalue weighted by Gasteiger charge is 2.12. The molecule has 0 bridgehead atoms. The second-order valence-corrected chi connectivity index (χ2v) is 4.09. The predicted molar refractivity (Wildman–Crippen MR) is 62.9 cm³/mol. The molecule has 92 valence electrons. The maximum atomic E-state index is 9.19. The average Bonchev–Trinajstić information content (AvgIpc) is 2.28. The van der Waals surface area contributed by atoms with Crippen molar-refractivity contribution in [1.82, 2.24) is 0 Å². The van der Waals surface area contributed by atoms with Crippen LogP contribution in [0.2, 0.25) is 0 Å². The monoisotopic (exact) mass is 258 g/mol. The lowest BCUT2D eigenvalue weighted by atomic mass is 10.3. The van der Waals surface area contributed by atoms with Crippen molar-refractivity contribution in [2.45, 2.75) is 38.6 Å². The molecule has 0 aliphatic carbocycles. The molecule has 0 aromatic heterocycles. The highest BCUT2D eigenvalue weighted by Crippen LogP contribution is 2.03. The van der Waals surface area contributed by atoms with Crippen molar-refractivity contribution in [1.29, 1.82) is 0 Å². The summed E-state index contributed by atoms with van der Waals surface area (Å²) >= 11 is 11.1. The van der Waals surface area contributed by atoms with Crippen LogP contribution in [0.1, 0.15) is 20.3 Å². The topological polar surface area (TPSA) is 38.7 Å². The second-order valence-electron chi connectivity index (χ2n) is 3.47. The van der Waals surface area contributed by atoms with Crippen molar-refractivity contribution in [3.8, 4) is 0 Å². The van der Waals surface area contributed by atoms with E-state index < -0.39 is 6.10 Å². The lowest BCUT2D eigenvalue weighted by molar-refractivity contribution is -0.0511. The largest absolute Gasteiger partial charge is 0.389 e. The van der Waals surface area contributed by atoms with Gasteiger partial charge < -0.3 is 14.6 Å². The van der Waals surface area contributed by atoms with Gasteiger partial charge in [-0.2, -0.15) is 0 Å². The fourth-order valence-electron chi connectivity index (χ4n) is 0.818. The number of aliphatic hydroxyl groups is 1. The Labute approximate surface area is 102 Å². The quantitative estimate of drug-likeness (QED) is 0.644. The summed E-state index contributed by atoms with van der Waals surface area (Å²) in [7, 11) is 0. The van der Waals surface area contributed by atoms with Gasteiger partial charge >= 0.3 is 0 Å². The standard InChI is InChI=1S/C10H20Cl2O3/c1-3-8(2)14-7-10(5-12)15-6-9(13)4-11/h8-10,13H,3-7H2,1-2H3. The fraction of sp³-hybridized carbons (Fsp3) is 1.00. The third-order valence-electron chi connectivity index (χ3n) is 2.02. The van der Waals surface area contributed by atoms with Gasteiger partial charge in [-0.3, -0.25) is 0 Å². The van der Waals surface area contributed by atoms with Crippen LogP contribution in [-0.4, -0.2) is 48.4 Å². The lowest BCUT2D eigenvalue weighted by Gasteiger charge is -2.19. The van der Waals surface area contributed by atoms with Crippen LogP contribution in [0.25, 0.3) is 0 Å². The summed E-state index contributed by atoms with van der Waals surface area (Å²) in [5, 5.41) is 9.19. The van der Waals surface area contributed by atoms with Crippen molar-refractivity contribution in [2.24, 2.45) is 0 Å². The third-order valence-corrected chi connectivity index (χ3v) is 2.72. The zero-order valence-corrected chi connectivity index (χ0v) is 10.8. The van der Waals surface area contributed by atoms with E-state index in [1.165, 1.54) is 0 Å². The zero-order valence-electron chi connectivity index (χ0n) is 9.29. The molecule has 0 radical (unpaired) electrons. The number of aliphatic hydroxyl groups excluding tert-OH is 1. The summed E-state index contributed by atoms with van der Waals surface area (Å²) in [6.07, 6.45) is 0.344. The van der Waals surface area contributed by atoms with E-state index in [2.05, 4.69) is 6.92 Å². The van der Waals surface area contributed by atoms with Crippen LogP contribution in [0.3, 0.4) is 0 Å². The fourth-order valence-corrected chi connectivity index (χ4v) is 1.09. The number of hydrogen-bond donors (Lipinski definition) is 1. The van der Waals surface area contributed by atoms with Crippen LogP contribution >= 0.6 is 23.2 Å². The Kier molecular flexibility index (Phi) is 9.97. The molecule has 1 N–H and O–H groups in total. The molecule has 15 heavy (non-hydrogen) atoms. The van der Waals surface area contributed by atoms with Gasteiger partial charge in [-0.15, -0.1) is 23.2 Å². The summed E-state index contributed by atoms with van der Waals surface area (Å²) in [5.74, 6) is 0.521.